The molecule has 1 saturated heterocycles. The van der Waals surface area contributed by atoms with E-state index >= 15 is 0 Å². The number of nitrogens with zero attached hydrogens (tertiary/aromatic N) is 1. The van der Waals surface area contributed by atoms with E-state index < -0.39 is 0 Å². The summed E-state index contributed by atoms with van der Waals surface area (Å²) in [6, 6.07) is 0. The molecule has 1 aliphatic heterocycles. The summed E-state index contributed by atoms with van der Waals surface area (Å²) >= 11 is 0. The summed E-state index contributed by atoms with van der Waals surface area (Å²) in [6.45, 7) is 7.93. The Hall–Kier alpha value is -0.0800. The zero-order valence-corrected chi connectivity index (χ0v) is 10.4. The van der Waals surface area contributed by atoms with Gasteiger partial charge in [0.2, 0.25) is 0 Å². The third-order valence-electron chi connectivity index (χ3n) is 3.61. The average Bonchev–Trinajstić information content (AvgIpc) is 2.42. The number of hydrogen-bond donors (Lipinski definition) is 1. The lowest BCUT2D eigenvalue weighted by atomic mass is 9.98. The number of hydrogen-bond acceptors (Lipinski definition) is 2. The molecule has 15 heavy (non-hydrogen) atoms. The number of aliphatic hydroxyl groups is 1. The fraction of sp³-hybridized carbons (Fsp3) is 1.00. The fourth-order valence-electron chi connectivity index (χ4n) is 2.47. The summed E-state index contributed by atoms with van der Waals surface area (Å²) in [5.74, 6) is 0.965. The molecule has 90 valence electrons. The van der Waals surface area contributed by atoms with Gasteiger partial charge in [-0.1, -0.05) is 13.3 Å². The molecule has 0 amide bonds. The van der Waals surface area contributed by atoms with Crippen molar-refractivity contribution >= 4 is 0 Å². The van der Waals surface area contributed by atoms with Crippen LogP contribution in [-0.2, 0) is 0 Å². The summed E-state index contributed by atoms with van der Waals surface area (Å²) in [4.78, 5) is 2.58. The van der Waals surface area contributed by atoms with E-state index in [1.54, 1.807) is 0 Å². The summed E-state index contributed by atoms with van der Waals surface area (Å²) in [5, 5.41) is 9.20. The Bertz CT molecular complexity index is 159. The van der Waals surface area contributed by atoms with Gasteiger partial charge < -0.3 is 10.0 Å². The topological polar surface area (TPSA) is 23.5 Å². The van der Waals surface area contributed by atoms with Gasteiger partial charge in [0.1, 0.15) is 0 Å². The van der Waals surface area contributed by atoms with E-state index in [9.17, 15) is 5.11 Å². The SMILES string of the molecule is CCC1CCCN(CCCC(C)O)CC1. The van der Waals surface area contributed by atoms with Crippen molar-refractivity contribution in [2.75, 3.05) is 19.6 Å². The average molecular weight is 213 g/mol. The van der Waals surface area contributed by atoms with Crippen LogP contribution in [-0.4, -0.2) is 35.7 Å². The van der Waals surface area contributed by atoms with Gasteiger partial charge in [-0.05, 0) is 64.6 Å². The quantitative estimate of drug-likeness (QED) is 0.759. The van der Waals surface area contributed by atoms with Crippen LogP contribution in [0.1, 0.15) is 52.4 Å². The molecular formula is C13H27NO. The molecule has 2 atom stereocenters. The van der Waals surface area contributed by atoms with Gasteiger partial charge in [0, 0.05) is 0 Å². The number of likely N-dealkylation sites (tertiary alicyclic amines) is 1. The molecule has 1 aliphatic rings. The van der Waals surface area contributed by atoms with Crippen molar-refractivity contribution in [1.82, 2.24) is 4.90 Å². The highest BCUT2D eigenvalue weighted by Gasteiger charge is 2.15. The second kappa shape index (κ2) is 7.24. The predicted octanol–water partition coefficient (Wildman–Crippen LogP) is 2.66. The molecule has 1 heterocycles. The highest BCUT2D eigenvalue weighted by Crippen LogP contribution is 2.20. The molecule has 0 bridgehead atoms. The van der Waals surface area contributed by atoms with Gasteiger partial charge in [-0.15, -0.1) is 0 Å². The molecule has 2 heteroatoms. The Kier molecular flexibility index (Phi) is 6.26. The van der Waals surface area contributed by atoms with Gasteiger partial charge in [0.15, 0.2) is 0 Å². The van der Waals surface area contributed by atoms with Gasteiger partial charge >= 0.3 is 0 Å². The van der Waals surface area contributed by atoms with Crippen LogP contribution in [0.5, 0.6) is 0 Å². The third-order valence-corrected chi connectivity index (χ3v) is 3.61. The summed E-state index contributed by atoms with van der Waals surface area (Å²) in [7, 11) is 0. The maximum Gasteiger partial charge on any atom is 0.0512 e. The molecule has 0 spiro atoms. The monoisotopic (exact) mass is 213 g/mol. The van der Waals surface area contributed by atoms with Crippen LogP contribution in [0.3, 0.4) is 0 Å². The van der Waals surface area contributed by atoms with Gasteiger partial charge in [0.05, 0.1) is 6.10 Å². The molecule has 0 radical (unpaired) electrons. The first-order valence-electron chi connectivity index (χ1n) is 6.62. The van der Waals surface area contributed by atoms with Gasteiger partial charge in [-0.2, -0.15) is 0 Å². The largest absolute Gasteiger partial charge is 0.393 e. The maximum absolute atomic E-state index is 9.20. The van der Waals surface area contributed by atoms with Crippen LogP contribution in [0.2, 0.25) is 0 Å². The van der Waals surface area contributed by atoms with Crippen molar-refractivity contribution in [3.05, 3.63) is 0 Å². The Morgan fingerprint density at radius 3 is 2.80 bits per heavy atom. The van der Waals surface area contributed by atoms with Crippen LogP contribution in [0.15, 0.2) is 0 Å². The lowest BCUT2D eigenvalue weighted by molar-refractivity contribution is 0.171. The molecule has 0 aromatic carbocycles. The van der Waals surface area contributed by atoms with Crippen molar-refractivity contribution in [2.24, 2.45) is 5.92 Å². The van der Waals surface area contributed by atoms with Crippen LogP contribution in [0, 0.1) is 5.92 Å². The standard InChI is InChI=1S/C13H27NO/c1-3-13-7-5-10-14(11-8-13)9-4-6-12(2)15/h12-13,15H,3-11H2,1-2H3. The minimum absolute atomic E-state index is 0.125. The first kappa shape index (κ1) is 13.0. The van der Waals surface area contributed by atoms with Crippen LogP contribution < -0.4 is 0 Å². The van der Waals surface area contributed by atoms with E-state index in [2.05, 4.69) is 11.8 Å². The highest BCUT2D eigenvalue weighted by atomic mass is 16.3. The van der Waals surface area contributed by atoms with Crippen molar-refractivity contribution < 1.29 is 5.11 Å². The van der Waals surface area contributed by atoms with E-state index in [4.69, 9.17) is 0 Å². The fourth-order valence-corrected chi connectivity index (χ4v) is 2.47. The van der Waals surface area contributed by atoms with E-state index in [-0.39, 0.29) is 6.10 Å². The van der Waals surface area contributed by atoms with Crippen LogP contribution in [0.25, 0.3) is 0 Å². The molecular weight excluding hydrogens is 186 g/mol. The van der Waals surface area contributed by atoms with Crippen LogP contribution in [0.4, 0.5) is 0 Å². The first-order valence-corrected chi connectivity index (χ1v) is 6.62. The molecule has 0 aliphatic carbocycles. The summed E-state index contributed by atoms with van der Waals surface area (Å²) in [5.41, 5.74) is 0. The predicted molar refractivity (Wildman–Crippen MR) is 65.0 cm³/mol. The lowest BCUT2D eigenvalue weighted by Crippen LogP contribution is -2.26. The van der Waals surface area contributed by atoms with E-state index in [0.717, 1.165) is 18.8 Å². The molecule has 1 fully saturated rings. The molecule has 0 aromatic rings. The minimum atomic E-state index is -0.125. The highest BCUT2D eigenvalue weighted by molar-refractivity contribution is 4.69. The Morgan fingerprint density at radius 2 is 2.13 bits per heavy atom. The zero-order chi connectivity index (χ0) is 11.1. The molecule has 2 unspecified atom stereocenters. The summed E-state index contributed by atoms with van der Waals surface area (Å²) in [6.07, 6.45) is 7.49. The Morgan fingerprint density at radius 1 is 1.33 bits per heavy atom. The third kappa shape index (κ3) is 5.53. The Balaban J connectivity index is 2.14. The molecule has 2 nitrogen and oxygen atoms in total. The molecule has 0 saturated carbocycles. The van der Waals surface area contributed by atoms with Crippen molar-refractivity contribution in [3.8, 4) is 0 Å². The van der Waals surface area contributed by atoms with E-state index in [0.29, 0.717) is 0 Å². The van der Waals surface area contributed by atoms with Gasteiger partial charge in [-0.3, -0.25) is 0 Å². The minimum Gasteiger partial charge on any atom is -0.393 e. The lowest BCUT2D eigenvalue weighted by Gasteiger charge is -2.20. The van der Waals surface area contributed by atoms with Gasteiger partial charge in [0.25, 0.3) is 0 Å². The van der Waals surface area contributed by atoms with Crippen molar-refractivity contribution in [1.29, 1.82) is 0 Å². The smallest absolute Gasteiger partial charge is 0.0512 e. The molecule has 0 aromatic heterocycles. The van der Waals surface area contributed by atoms with Gasteiger partial charge in [-0.25, -0.2) is 0 Å². The van der Waals surface area contributed by atoms with E-state index in [1.165, 1.54) is 45.3 Å². The summed E-state index contributed by atoms with van der Waals surface area (Å²) < 4.78 is 0. The molecule has 1 rings (SSSR count). The normalized spacial score (nSPS) is 26.2. The number of rotatable bonds is 5. The maximum atomic E-state index is 9.20. The first-order chi connectivity index (χ1) is 7.22. The van der Waals surface area contributed by atoms with Crippen molar-refractivity contribution in [3.63, 3.8) is 0 Å². The van der Waals surface area contributed by atoms with Crippen LogP contribution >= 0.6 is 0 Å². The Labute approximate surface area is 94.7 Å². The molecule has 1 N–H and O–H groups in total. The second-order valence-corrected chi connectivity index (χ2v) is 5.04. The zero-order valence-electron chi connectivity index (χ0n) is 10.4. The van der Waals surface area contributed by atoms with E-state index in [1.807, 2.05) is 6.92 Å². The number of aliphatic hydroxyl groups excluding tert-OH is 1. The van der Waals surface area contributed by atoms with Crippen molar-refractivity contribution in [2.45, 2.75) is 58.5 Å². The second-order valence-electron chi connectivity index (χ2n) is 5.04.